The molecule has 1 saturated carbocycles. The molecule has 0 bridgehead atoms. The summed E-state index contributed by atoms with van der Waals surface area (Å²) in [6.07, 6.45) is 2.78. The number of nitrogens with one attached hydrogen (secondary N) is 2. The van der Waals surface area contributed by atoms with E-state index in [9.17, 15) is 9.59 Å². The molecule has 0 atom stereocenters. The molecule has 1 aliphatic carbocycles. The van der Waals surface area contributed by atoms with Crippen LogP contribution in [0.15, 0.2) is 0 Å². The van der Waals surface area contributed by atoms with Crippen LogP contribution < -0.4 is 10.6 Å². The van der Waals surface area contributed by atoms with Crippen molar-refractivity contribution in [3.63, 3.8) is 0 Å². The molecular weight excluding hydrogens is 180 g/mol. The van der Waals surface area contributed by atoms with Gasteiger partial charge in [0.15, 0.2) is 0 Å². The topological polar surface area (TPSA) is 58.2 Å². The number of amides is 3. The summed E-state index contributed by atoms with van der Waals surface area (Å²) >= 11 is 0. The number of carbonyl (C=O) groups is 2. The predicted molar refractivity (Wildman–Crippen MR) is 53.7 cm³/mol. The van der Waals surface area contributed by atoms with E-state index >= 15 is 0 Å². The molecule has 1 fully saturated rings. The molecule has 0 radical (unpaired) electrons. The van der Waals surface area contributed by atoms with Gasteiger partial charge >= 0.3 is 6.03 Å². The van der Waals surface area contributed by atoms with Gasteiger partial charge in [0, 0.05) is 12.5 Å². The Morgan fingerprint density at radius 1 is 1.36 bits per heavy atom. The van der Waals surface area contributed by atoms with Gasteiger partial charge in [-0.2, -0.15) is 0 Å². The normalized spacial score (nSPS) is 15.4. The van der Waals surface area contributed by atoms with E-state index in [4.69, 9.17) is 0 Å². The van der Waals surface area contributed by atoms with Gasteiger partial charge in [0.25, 0.3) is 0 Å². The summed E-state index contributed by atoms with van der Waals surface area (Å²) in [5.74, 6) is 0.521. The summed E-state index contributed by atoms with van der Waals surface area (Å²) in [6, 6.07) is -0.359. The highest BCUT2D eigenvalue weighted by Crippen LogP contribution is 2.28. The van der Waals surface area contributed by atoms with Gasteiger partial charge in [0.2, 0.25) is 5.91 Å². The Bertz CT molecular complexity index is 222. The van der Waals surface area contributed by atoms with Crippen LogP contribution in [0.25, 0.3) is 0 Å². The van der Waals surface area contributed by atoms with Crippen LogP contribution in [0.1, 0.15) is 33.1 Å². The third-order valence-corrected chi connectivity index (χ3v) is 2.19. The molecule has 80 valence electrons. The minimum Gasteiger partial charge on any atom is -0.338 e. The summed E-state index contributed by atoms with van der Waals surface area (Å²) < 4.78 is 0. The lowest BCUT2D eigenvalue weighted by Gasteiger charge is -2.07. The van der Waals surface area contributed by atoms with Crippen molar-refractivity contribution in [3.05, 3.63) is 0 Å². The summed E-state index contributed by atoms with van der Waals surface area (Å²) in [5, 5.41) is 4.98. The quantitative estimate of drug-likeness (QED) is 0.714. The van der Waals surface area contributed by atoms with Crippen molar-refractivity contribution < 1.29 is 9.59 Å². The number of rotatable bonds is 4. The van der Waals surface area contributed by atoms with Crippen LogP contribution >= 0.6 is 0 Å². The Balaban J connectivity index is 2.06. The fourth-order valence-electron chi connectivity index (χ4n) is 1.08. The fourth-order valence-corrected chi connectivity index (χ4v) is 1.08. The van der Waals surface area contributed by atoms with Crippen molar-refractivity contribution in [1.82, 2.24) is 10.6 Å². The Labute approximate surface area is 84.4 Å². The van der Waals surface area contributed by atoms with Crippen molar-refractivity contribution in [2.75, 3.05) is 6.54 Å². The molecule has 0 aromatic heterocycles. The summed E-state index contributed by atoms with van der Waals surface area (Å²) in [5.41, 5.74) is 0. The van der Waals surface area contributed by atoms with Crippen LogP contribution in [-0.4, -0.2) is 18.5 Å². The Morgan fingerprint density at radius 2 is 2.00 bits per heavy atom. The van der Waals surface area contributed by atoms with Gasteiger partial charge in [-0.3, -0.25) is 10.1 Å². The summed E-state index contributed by atoms with van der Waals surface area (Å²) in [6.45, 7) is 4.81. The highest BCUT2D eigenvalue weighted by Gasteiger charge is 2.30. The number of hydrogen-bond donors (Lipinski definition) is 2. The van der Waals surface area contributed by atoms with Crippen LogP contribution in [-0.2, 0) is 4.79 Å². The molecule has 14 heavy (non-hydrogen) atoms. The molecule has 1 aliphatic rings. The number of carbonyl (C=O) groups excluding carboxylic acids is 2. The molecule has 0 aliphatic heterocycles. The first kappa shape index (κ1) is 11.0. The zero-order valence-corrected chi connectivity index (χ0v) is 8.80. The molecule has 0 heterocycles. The third kappa shape index (κ3) is 4.25. The average molecular weight is 198 g/mol. The highest BCUT2D eigenvalue weighted by molar-refractivity contribution is 5.96. The maximum absolute atomic E-state index is 11.1. The molecule has 0 aromatic carbocycles. The molecule has 2 N–H and O–H groups in total. The smallest absolute Gasteiger partial charge is 0.321 e. The van der Waals surface area contributed by atoms with Gasteiger partial charge in [-0.1, -0.05) is 13.8 Å². The van der Waals surface area contributed by atoms with Gasteiger partial charge < -0.3 is 5.32 Å². The van der Waals surface area contributed by atoms with Crippen LogP contribution in [0.4, 0.5) is 4.79 Å². The molecule has 3 amide bonds. The van der Waals surface area contributed by atoms with E-state index in [1.54, 1.807) is 0 Å². The number of hydrogen-bond acceptors (Lipinski definition) is 2. The molecule has 0 aromatic rings. The van der Waals surface area contributed by atoms with Crippen LogP contribution in [0.5, 0.6) is 0 Å². The van der Waals surface area contributed by atoms with Crippen molar-refractivity contribution in [3.8, 4) is 0 Å². The SMILES string of the molecule is CC(C)CCNC(=O)NC(=O)C1CC1. The lowest BCUT2D eigenvalue weighted by molar-refractivity contribution is -0.121. The maximum atomic E-state index is 11.1. The van der Waals surface area contributed by atoms with E-state index in [-0.39, 0.29) is 17.9 Å². The van der Waals surface area contributed by atoms with Crippen molar-refractivity contribution in [2.45, 2.75) is 33.1 Å². The second kappa shape index (κ2) is 4.98. The Kier molecular flexibility index (Phi) is 3.92. The third-order valence-electron chi connectivity index (χ3n) is 2.19. The first-order valence-electron chi connectivity index (χ1n) is 5.18. The lowest BCUT2D eigenvalue weighted by Crippen LogP contribution is -2.40. The second-order valence-electron chi connectivity index (χ2n) is 4.20. The average Bonchev–Trinajstić information content (AvgIpc) is 2.84. The molecule has 1 rings (SSSR count). The second-order valence-corrected chi connectivity index (χ2v) is 4.20. The largest absolute Gasteiger partial charge is 0.338 e. The molecule has 4 nitrogen and oxygen atoms in total. The van der Waals surface area contributed by atoms with Crippen LogP contribution in [0.3, 0.4) is 0 Å². The number of imide groups is 1. The summed E-state index contributed by atoms with van der Waals surface area (Å²) in [7, 11) is 0. The molecule has 4 heteroatoms. The van der Waals surface area contributed by atoms with Crippen molar-refractivity contribution >= 4 is 11.9 Å². The zero-order valence-electron chi connectivity index (χ0n) is 8.80. The molecule has 0 spiro atoms. The minimum absolute atomic E-state index is 0.0887. The minimum atomic E-state index is -0.359. The molecule has 0 saturated heterocycles. The van der Waals surface area contributed by atoms with E-state index < -0.39 is 0 Å². The van der Waals surface area contributed by atoms with E-state index in [1.807, 2.05) is 0 Å². The van der Waals surface area contributed by atoms with Gasteiger partial charge in [-0.25, -0.2) is 4.79 Å². The van der Waals surface area contributed by atoms with E-state index in [0.29, 0.717) is 12.5 Å². The number of urea groups is 1. The molecular formula is C10H18N2O2. The van der Waals surface area contributed by atoms with Crippen molar-refractivity contribution in [1.29, 1.82) is 0 Å². The Hall–Kier alpha value is -1.06. The van der Waals surface area contributed by atoms with Gasteiger partial charge in [-0.15, -0.1) is 0 Å². The van der Waals surface area contributed by atoms with Gasteiger partial charge in [0.05, 0.1) is 0 Å². The standard InChI is InChI=1S/C10H18N2O2/c1-7(2)5-6-11-10(14)12-9(13)8-3-4-8/h7-8H,3-6H2,1-2H3,(H2,11,12,13,14). The van der Waals surface area contributed by atoms with Gasteiger partial charge in [0.1, 0.15) is 0 Å². The maximum Gasteiger partial charge on any atom is 0.321 e. The Morgan fingerprint density at radius 3 is 2.50 bits per heavy atom. The first-order chi connectivity index (χ1) is 6.59. The monoisotopic (exact) mass is 198 g/mol. The highest BCUT2D eigenvalue weighted by atomic mass is 16.2. The molecule has 0 unspecified atom stereocenters. The zero-order chi connectivity index (χ0) is 10.6. The van der Waals surface area contributed by atoms with Gasteiger partial charge in [-0.05, 0) is 25.2 Å². The van der Waals surface area contributed by atoms with Crippen LogP contribution in [0.2, 0.25) is 0 Å². The van der Waals surface area contributed by atoms with E-state index in [0.717, 1.165) is 19.3 Å². The van der Waals surface area contributed by atoms with E-state index in [2.05, 4.69) is 24.5 Å². The predicted octanol–water partition coefficient (Wildman–Crippen LogP) is 1.27. The first-order valence-corrected chi connectivity index (χ1v) is 5.18. The van der Waals surface area contributed by atoms with Crippen molar-refractivity contribution in [2.24, 2.45) is 11.8 Å². The van der Waals surface area contributed by atoms with Crippen LogP contribution in [0, 0.1) is 11.8 Å². The lowest BCUT2D eigenvalue weighted by atomic mass is 10.1. The summed E-state index contributed by atoms with van der Waals surface area (Å²) in [4.78, 5) is 22.3. The fraction of sp³-hybridized carbons (Fsp3) is 0.800. The van der Waals surface area contributed by atoms with E-state index in [1.165, 1.54) is 0 Å².